The second-order valence-electron chi connectivity index (χ2n) is 11.9. The van der Waals surface area contributed by atoms with Crippen LogP contribution < -0.4 is 10.9 Å². The van der Waals surface area contributed by atoms with E-state index in [9.17, 15) is 23.9 Å². The number of esters is 1. The number of fused-ring (bicyclic) bond motifs is 5. The highest BCUT2D eigenvalue weighted by molar-refractivity contribution is 9.10. The molecule has 204 valence electrons. The lowest BCUT2D eigenvalue weighted by Gasteiger charge is -2.31. The molecule has 1 aromatic carbocycles. The Bertz CT molecular complexity index is 1670. The molecule has 2 aliphatic heterocycles. The number of benzene rings is 1. The lowest BCUT2D eigenvalue weighted by atomic mass is 9.83. The molecular formula is C29H29BrFN3O5. The van der Waals surface area contributed by atoms with Crippen LogP contribution >= 0.6 is 15.9 Å². The summed E-state index contributed by atoms with van der Waals surface area (Å²) in [7, 11) is 0. The van der Waals surface area contributed by atoms with Crippen molar-refractivity contribution in [1.82, 2.24) is 14.9 Å². The Morgan fingerprint density at radius 1 is 1.28 bits per heavy atom. The largest absolute Gasteiger partial charge is 0.458 e. The zero-order valence-electron chi connectivity index (χ0n) is 22.2. The zero-order chi connectivity index (χ0) is 28.0. The molecule has 2 aromatic heterocycles. The van der Waals surface area contributed by atoms with E-state index in [2.05, 4.69) is 21.2 Å². The topological polar surface area (TPSA) is 111 Å². The minimum Gasteiger partial charge on any atom is -0.458 e. The standard InChI is InChI=1S/C29H29BrFN3O5/c1-5-29(38)16-8-20-25-14(11-34(20)26(36)15(16)12-39-27(29)37)23-18(32-21(35)10-28(2,3)4)7-6-13-22(23)19(33-25)9-17(31)24(13)30/h8-9,18,38H,5-7,10-12H2,1-4H3,(H,32,35)/t18-,29-/m0/s1. The van der Waals surface area contributed by atoms with Gasteiger partial charge in [0.15, 0.2) is 5.60 Å². The van der Waals surface area contributed by atoms with Crippen LogP contribution in [0.2, 0.25) is 0 Å². The van der Waals surface area contributed by atoms with Crippen molar-refractivity contribution in [3.63, 3.8) is 0 Å². The predicted octanol–water partition coefficient (Wildman–Crippen LogP) is 4.52. The quantitative estimate of drug-likeness (QED) is 0.336. The number of amides is 1. The maximum absolute atomic E-state index is 15.0. The SMILES string of the molecule is CC[C@@]1(O)C(=O)OCc2c1cc1n(c2=O)Cc2c-1nc1cc(F)c(Br)c3c1c2[C@@H](NC(=O)CC(C)(C)C)CC3. The van der Waals surface area contributed by atoms with Gasteiger partial charge in [0.05, 0.1) is 39.5 Å². The number of carbonyl (C=O) groups is 2. The molecule has 0 unspecified atom stereocenters. The molecule has 10 heteroatoms. The van der Waals surface area contributed by atoms with Crippen molar-refractivity contribution in [3.8, 4) is 11.4 Å². The minimum atomic E-state index is -1.94. The number of cyclic esters (lactones) is 1. The summed E-state index contributed by atoms with van der Waals surface area (Å²) in [5.74, 6) is -1.31. The normalized spacial score (nSPS) is 21.3. The van der Waals surface area contributed by atoms with Gasteiger partial charge in [-0.2, -0.15) is 0 Å². The number of hydrogen-bond acceptors (Lipinski definition) is 6. The van der Waals surface area contributed by atoms with Crippen LogP contribution in [0.15, 0.2) is 21.4 Å². The monoisotopic (exact) mass is 597 g/mol. The number of halogens is 2. The van der Waals surface area contributed by atoms with E-state index in [1.54, 1.807) is 17.6 Å². The summed E-state index contributed by atoms with van der Waals surface area (Å²) in [5.41, 5.74) is 1.71. The number of nitrogens with one attached hydrogen (secondary N) is 1. The van der Waals surface area contributed by atoms with E-state index in [-0.39, 0.29) is 53.6 Å². The highest BCUT2D eigenvalue weighted by Crippen LogP contribution is 2.46. The van der Waals surface area contributed by atoms with Crippen LogP contribution in [0.25, 0.3) is 22.3 Å². The molecular weight excluding hydrogens is 569 g/mol. The highest BCUT2D eigenvalue weighted by atomic mass is 79.9. The molecule has 6 rings (SSSR count). The molecule has 39 heavy (non-hydrogen) atoms. The maximum atomic E-state index is 15.0. The minimum absolute atomic E-state index is 0.0372. The maximum Gasteiger partial charge on any atom is 0.343 e. The number of nitrogens with zero attached hydrogens (tertiary/aromatic N) is 2. The lowest BCUT2D eigenvalue weighted by molar-refractivity contribution is -0.172. The number of hydrogen-bond donors (Lipinski definition) is 2. The fourth-order valence-electron chi connectivity index (χ4n) is 6.23. The van der Waals surface area contributed by atoms with E-state index in [4.69, 9.17) is 9.72 Å². The second kappa shape index (κ2) is 8.69. The number of pyridine rings is 2. The predicted molar refractivity (Wildman–Crippen MR) is 145 cm³/mol. The first kappa shape index (κ1) is 26.1. The van der Waals surface area contributed by atoms with Gasteiger partial charge < -0.3 is 19.7 Å². The first-order valence-electron chi connectivity index (χ1n) is 13.1. The molecule has 3 aliphatic rings. The van der Waals surface area contributed by atoms with Crippen LogP contribution in [-0.4, -0.2) is 26.5 Å². The Morgan fingerprint density at radius 3 is 2.72 bits per heavy atom. The highest BCUT2D eigenvalue weighted by Gasteiger charge is 2.46. The van der Waals surface area contributed by atoms with Crippen LogP contribution in [0.1, 0.15) is 80.8 Å². The molecule has 3 aromatic rings. The molecule has 8 nitrogen and oxygen atoms in total. The van der Waals surface area contributed by atoms with Crippen LogP contribution in [-0.2, 0) is 39.5 Å². The molecule has 0 saturated carbocycles. The van der Waals surface area contributed by atoms with Crippen molar-refractivity contribution in [3.05, 3.63) is 60.6 Å². The fraction of sp³-hybridized carbons (Fsp3) is 0.448. The molecule has 0 spiro atoms. The van der Waals surface area contributed by atoms with Crippen LogP contribution in [0, 0.1) is 11.2 Å². The average Bonchev–Trinajstić information content (AvgIpc) is 3.23. The number of ether oxygens (including phenoxy) is 1. The summed E-state index contributed by atoms with van der Waals surface area (Å²) < 4.78 is 22.1. The van der Waals surface area contributed by atoms with Crippen molar-refractivity contribution in [1.29, 1.82) is 0 Å². The zero-order valence-corrected chi connectivity index (χ0v) is 23.8. The Kier molecular flexibility index (Phi) is 5.83. The smallest absolute Gasteiger partial charge is 0.343 e. The Hall–Kier alpha value is -3.11. The average molecular weight is 598 g/mol. The van der Waals surface area contributed by atoms with Crippen molar-refractivity contribution in [2.75, 3.05) is 0 Å². The van der Waals surface area contributed by atoms with Gasteiger partial charge in [-0.05, 0) is 57.8 Å². The van der Waals surface area contributed by atoms with Crippen molar-refractivity contribution in [2.24, 2.45) is 5.41 Å². The van der Waals surface area contributed by atoms with Gasteiger partial charge in [0, 0.05) is 29.0 Å². The van der Waals surface area contributed by atoms with Gasteiger partial charge in [-0.1, -0.05) is 27.7 Å². The third-order valence-electron chi connectivity index (χ3n) is 8.07. The first-order chi connectivity index (χ1) is 18.3. The van der Waals surface area contributed by atoms with E-state index >= 15 is 0 Å². The van der Waals surface area contributed by atoms with E-state index in [1.165, 1.54) is 6.07 Å². The van der Waals surface area contributed by atoms with Gasteiger partial charge >= 0.3 is 5.97 Å². The van der Waals surface area contributed by atoms with Crippen LogP contribution in [0.3, 0.4) is 0 Å². The molecule has 1 amide bonds. The number of aliphatic hydroxyl groups is 1. The molecule has 0 fully saturated rings. The summed E-state index contributed by atoms with van der Waals surface area (Å²) in [6.07, 6.45) is 1.49. The molecule has 0 radical (unpaired) electrons. The summed E-state index contributed by atoms with van der Waals surface area (Å²) in [5, 5.41) is 15.2. The van der Waals surface area contributed by atoms with Gasteiger partial charge in [-0.15, -0.1) is 0 Å². The summed E-state index contributed by atoms with van der Waals surface area (Å²) in [6.45, 7) is 7.64. The van der Waals surface area contributed by atoms with Gasteiger partial charge in [0.2, 0.25) is 5.91 Å². The number of carbonyl (C=O) groups excluding carboxylic acids is 2. The third kappa shape index (κ3) is 3.86. The van der Waals surface area contributed by atoms with Gasteiger partial charge in [-0.25, -0.2) is 14.2 Å². The van der Waals surface area contributed by atoms with E-state index in [0.717, 1.165) is 22.1 Å². The van der Waals surface area contributed by atoms with E-state index in [1.807, 2.05) is 20.8 Å². The van der Waals surface area contributed by atoms with Gasteiger partial charge in [0.1, 0.15) is 12.4 Å². The van der Waals surface area contributed by atoms with Crippen molar-refractivity contribution < 1.29 is 23.8 Å². The first-order valence-corrected chi connectivity index (χ1v) is 13.9. The summed E-state index contributed by atoms with van der Waals surface area (Å²) >= 11 is 3.41. The lowest BCUT2D eigenvalue weighted by Crippen LogP contribution is -2.44. The molecule has 1 aliphatic carbocycles. The summed E-state index contributed by atoms with van der Waals surface area (Å²) in [6, 6.07) is 2.66. The van der Waals surface area contributed by atoms with Crippen molar-refractivity contribution >= 4 is 38.7 Å². The van der Waals surface area contributed by atoms with E-state index < -0.39 is 17.4 Å². The number of aryl methyl sites for hydroxylation is 1. The number of rotatable bonds is 3. The molecule has 2 atom stereocenters. The summed E-state index contributed by atoms with van der Waals surface area (Å²) in [4.78, 5) is 44.1. The molecule has 0 saturated heterocycles. The van der Waals surface area contributed by atoms with Gasteiger partial charge in [0.25, 0.3) is 5.56 Å². The fourth-order valence-corrected chi connectivity index (χ4v) is 6.74. The van der Waals surface area contributed by atoms with Crippen LogP contribution in [0.5, 0.6) is 0 Å². The van der Waals surface area contributed by atoms with Gasteiger partial charge in [-0.3, -0.25) is 9.59 Å². The second-order valence-corrected chi connectivity index (χ2v) is 12.7. The Balaban J connectivity index is 1.60. The molecule has 0 bridgehead atoms. The van der Waals surface area contributed by atoms with E-state index in [0.29, 0.717) is 40.6 Å². The molecule has 4 heterocycles. The number of aromatic nitrogens is 2. The Morgan fingerprint density at radius 2 is 2.03 bits per heavy atom. The van der Waals surface area contributed by atoms with Crippen LogP contribution in [0.4, 0.5) is 4.39 Å². The van der Waals surface area contributed by atoms with Crippen molar-refractivity contribution in [2.45, 2.75) is 78.2 Å². The third-order valence-corrected chi connectivity index (χ3v) is 8.93. The molecule has 2 N–H and O–H groups in total. The Labute approximate surface area is 232 Å².